The Morgan fingerprint density at radius 3 is 2.80 bits per heavy atom. The number of fused-ring (bicyclic) bond motifs is 3. The quantitative estimate of drug-likeness (QED) is 0.451. The van der Waals surface area contributed by atoms with Crippen LogP contribution in [0.5, 0.6) is 5.75 Å². The highest BCUT2D eigenvalue weighted by Gasteiger charge is 2.17. The van der Waals surface area contributed by atoms with Gasteiger partial charge in [0.2, 0.25) is 0 Å². The van der Waals surface area contributed by atoms with E-state index in [-0.39, 0.29) is 12.2 Å². The van der Waals surface area contributed by atoms with E-state index in [1.54, 1.807) is 22.9 Å². The first-order valence-electron chi connectivity index (χ1n) is 10.2. The van der Waals surface area contributed by atoms with Crippen molar-refractivity contribution >= 4 is 11.0 Å². The molecule has 4 aromatic rings. The zero-order valence-electron chi connectivity index (χ0n) is 16.4. The third kappa shape index (κ3) is 3.61. The third-order valence-electron chi connectivity index (χ3n) is 5.53. The smallest absolute Gasteiger partial charge is 0.258 e. The number of halogens is 1. The molecule has 0 fully saturated rings. The topological polar surface area (TPSA) is 57.3 Å². The van der Waals surface area contributed by atoms with E-state index in [0.717, 1.165) is 47.9 Å². The Morgan fingerprint density at radius 1 is 1.07 bits per heavy atom. The molecule has 0 unspecified atom stereocenters. The molecule has 3 heterocycles. The van der Waals surface area contributed by atoms with Crippen LogP contribution in [-0.4, -0.2) is 9.55 Å². The predicted octanol–water partition coefficient (Wildman–Crippen LogP) is 4.97. The molecule has 5 rings (SSSR count). The van der Waals surface area contributed by atoms with Crippen LogP contribution in [0.1, 0.15) is 36.3 Å². The second-order valence-corrected chi connectivity index (χ2v) is 7.57. The van der Waals surface area contributed by atoms with Crippen molar-refractivity contribution in [1.29, 1.82) is 0 Å². The van der Waals surface area contributed by atoms with Crippen LogP contribution in [-0.2, 0) is 19.4 Å². The van der Waals surface area contributed by atoms with Gasteiger partial charge in [-0.2, -0.15) is 0 Å². The van der Waals surface area contributed by atoms with Crippen molar-refractivity contribution in [3.8, 4) is 11.4 Å². The first kappa shape index (κ1) is 18.6. The predicted molar refractivity (Wildman–Crippen MR) is 112 cm³/mol. The summed E-state index contributed by atoms with van der Waals surface area (Å²) in [6, 6.07) is 11.9. The van der Waals surface area contributed by atoms with Crippen LogP contribution in [0.25, 0.3) is 16.7 Å². The average molecular weight is 404 g/mol. The number of ether oxygens (including phenoxy) is 1. The molecule has 5 nitrogen and oxygen atoms in total. The summed E-state index contributed by atoms with van der Waals surface area (Å²) in [6.45, 7) is 0.164. The van der Waals surface area contributed by atoms with Crippen LogP contribution in [0.15, 0.2) is 64.1 Å². The molecule has 30 heavy (non-hydrogen) atoms. The summed E-state index contributed by atoms with van der Waals surface area (Å²) in [5.41, 5.74) is 3.36. The van der Waals surface area contributed by atoms with E-state index in [4.69, 9.17) is 9.15 Å². The molecule has 1 aliphatic carbocycles. The number of aryl methyl sites for hydroxylation is 2. The zero-order chi connectivity index (χ0) is 20.5. The van der Waals surface area contributed by atoms with Crippen molar-refractivity contribution in [3.05, 3.63) is 88.0 Å². The largest absolute Gasteiger partial charge is 0.487 e. The molecule has 0 saturated carbocycles. The van der Waals surface area contributed by atoms with E-state index in [9.17, 15) is 9.18 Å². The van der Waals surface area contributed by atoms with Gasteiger partial charge in [0.15, 0.2) is 0 Å². The third-order valence-corrected chi connectivity index (χ3v) is 5.53. The minimum absolute atomic E-state index is 0.164. The Labute approximate surface area is 172 Å². The Kier molecular flexibility index (Phi) is 4.83. The zero-order valence-corrected chi connectivity index (χ0v) is 16.4. The van der Waals surface area contributed by atoms with Crippen LogP contribution in [0.4, 0.5) is 4.39 Å². The summed E-state index contributed by atoms with van der Waals surface area (Å²) >= 11 is 0. The number of rotatable bonds is 4. The number of aromatic nitrogens is 2. The van der Waals surface area contributed by atoms with Gasteiger partial charge in [0, 0.05) is 35.3 Å². The van der Waals surface area contributed by atoms with Gasteiger partial charge >= 0.3 is 0 Å². The molecule has 1 aliphatic rings. The van der Waals surface area contributed by atoms with Crippen molar-refractivity contribution in [3.63, 3.8) is 0 Å². The van der Waals surface area contributed by atoms with E-state index in [1.165, 1.54) is 30.5 Å². The summed E-state index contributed by atoms with van der Waals surface area (Å²) in [5.74, 6) is 1.14. The highest BCUT2D eigenvalue weighted by molar-refractivity contribution is 5.84. The number of pyridine rings is 2. The average Bonchev–Trinajstić information content (AvgIpc) is 2.93. The van der Waals surface area contributed by atoms with E-state index >= 15 is 0 Å². The summed E-state index contributed by atoms with van der Waals surface area (Å²) in [7, 11) is 0. The standard InChI is InChI=1S/C24H21FN2O3/c25-16-6-7-17(26-14-16)15-29-19-10-11-27(24(28)13-19)18-8-9-23-21(12-18)20-4-2-1-3-5-22(20)30-23/h6-14H,1-5,15H2. The van der Waals surface area contributed by atoms with Crippen molar-refractivity contribution < 1.29 is 13.5 Å². The summed E-state index contributed by atoms with van der Waals surface area (Å²) < 4.78 is 26.2. The molecule has 3 aromatic heterocycles. The lowest BCUT2D eigenvalue weighted by molar-refractivity contribution is 0.300. The molecule has 1 aromatic carbocycles. The van der Waals surface area contributed by atoms with Gasteiger partial charge in [0.05, 0.1) is 11.9 Å². The summed E-state index contributed by atoms with van der Waals surface area (Å²) in [5, 5.41) is 1.10. The molecule has 0 saturated heterocycles. The van der Waals surface area contributed by atoms with Gasteiger partial charge in [0.25, 0.3) is 5.56 Å². The molecular weight excluding hydrogens is 383 g/mol. The summed E-state index contributed by atoms with van der Waals surface area (Å²) in [6.07, 6.45) is 8.40. The van der Waals surface area contributed by atoms with E-state index in [0.29, 0.717) is 11.4 Å². The van der Waals surface area contributed by atoms with Crippen molar-refractivity contribution in [1.82, 2.24) is 9.55 Å². The maximum Gasteiger partial charge on any atom is 0.258 e. The van der Waals surface area contributed by atoms with Gasteiger partial charge in [-0.25, -0.2) is 4.39 Å². The van der Waals surface area contributed by atoms with Crippen molar-refractivity contribution in [2.24, 2.45) is 0 Å². The Hall–Kier alpha value is -3.41. The van der Waals surface area contributed by atoms with Gasteiger partial charge in [-0.1, -0.05) is 6.42 Å². The van der Waals surface area contributed by atoms with Crippen molar-refractivity contribution in [2.45, 2.75) is 38.7 Å². The maximum atomic E-state index is 12.9. The highest BCUT2D eigenvalue weighted by atomic mass is 19.1. The first-order chi connectivity index (χ1) is 14.7. The van der Waals surface area contributed by atoms with E-state index in [1.807, 2.05) is 18.2 Å². The monoisotopic (exact) mass is 404 g/mol. The first-order valence-corrected chi connectivity index (χ1v) is 10.2. The van der Waals surface area contributed by atoms with E-state index in [2.05, 4.69) is 4.98 Å². The molecule has 0 amide bonds. The van der Waals surface area contributed by atoms with Gasteiger partial charge in [-0.15, -0.1) is 0 Å². The van der Waals surface area contributed by atoms with Gasteiger partial charge in [-0.3, -0.25) is 14.3 Å². The minimum Gasteiger partial charge on any atom is -0.487 e. The number of nitrogens with zero attached hydrogens (tertiary/aromatic N) is 2. The number of hydrogen-bond donors (Lipinski definition) is 0. The fraction of sp³-hybridized carbons (Fsp3) is 0.250. The second-order valence-electron chi connectivity index (χ2n) is 7.57. The maximum absolute atomic E-state index is 12.9. The fourth-order valence-corrected chi connectivity index (χ4v) is 3.99. The molecule has 6 heteroatoms. The van der Waals surface area contributed by atoms with Gasteiger partial charge in [0.1, 0.15) is 29.5 Å². The molecule has 0 spiro atoms. The molecule has 0 bridgehead atoms. The van der Waals surface area contributed by atoms with Crippen LogP contribution in [0, 0.1) is 5.82 Å². The number of furan rings is 1. The molecular formula is C24H21FN2O3. The van der Waals surface area contributed by atoms with Crippen LogP contribution >= 0.6 is 0 Å². The lowest BCUT2D eigenvalue weighted by atomic mass is 10.1. The van der Waals surface area contributed by atoms with Crippen molar-refractivity contribution in [2.75, 3.05) is 0 Å². The normalized spacial score (nSPS) is 13.8. The van der Waals surface area contributed by atoms with E-state index < -0.39 is 5.82 Å². The summed E-state index contributed by atoms with van der Waals surface area (Å²) in [4.78, 5) is 16.7. The van der Waals surface area contributed by atoms with Gasteiger partial charge < -0.3 is 9.15 Å². The number of benzene rings is 1. The molecule has 0 N–H and O–H groups in total. The molecule has 0 radical (unpaired) electrons. The number of hydrogen-bond acceptors (Lipinski definition) is 4. The lowest BCUT2D eigenvalue weighted by Gasteiger charge is -2.09. The lowest BCUT2D eigenvalue weighted by Crippen LogP contribution is -2.16. The molecule has 152 valence electrons. The molecule has 0 atom stereocenters. The Balaban J connectivity index is 1.41. The Morgan fingerprint density at radius 2 is 1.97 bits per heavy atom. The molecule has 0 aliphatic heterocycles. The second kappa shape index (κ2) is 7.78. The van der Waals surface area contributed by atoms with Crippen LogP contribution in [0.2, 0.25) is 0 Å². The highest BCUT2D eigenvalue weighted by Crippen LogP contribution is 2.32. The van der Waals surface area contributed by atoms with Gasteiger partial charge in [-0.05, 0) is 55.7 Å². The Bertz CT molecular complexity index is 1260. The SMILES string of the molecule is O=c1cc(OCc2ccc(F)cn2)ccn1-c1ccc2oc3c(c2c1)CCCCC3. The fourth-order valence-electron chi connectivity index (χ4n) is 3.99. The van der Waals surface area contributed by atoms with Crippen LogP contribution in [0.3, 0.4) is 0 Å². The van der Waals surface area contributed by atoms with Crippen LogP contribution < -0.4 is 10.3 Å². The minimum atomic E-state index is -0.396.